The normalized spacial score (nSPS) is 29.4. The van der Waals surface area contributed by atoms with Crippen LogP contribution in [0.25, 0.3) is 0 Å². The molecular weight excluding hydrogens is 312 g/mol. The zero-order chi connectivity index (χ0) is 18.3. The molecule has 0 heteroatoms. The standard InChI is InChI=1S/C26H50/c1-24-16-10-8-9-13-20-26(21-14-17-24)23-15-22-25-18-11-6-4-2-3-5-7-12-19-25/h24-26H,2-23H2,1H3. The van der Waals surface area contributed by atoms with Gasteiger partial charge in [0.15, 0.2) is 0 Å². The minimum atomic E-state index is 0.987. The molecule has 26 heavy (non-hydrogen) atoms. The number of hydrogen-bond acceptors (Lipinski definition) is 0. The highest BCUT2D eigenvalue weighted by Crippen LogP contribution is 2.30. The van der Waals surface area contributed by atoms with E-state index in [0.717, 1.165) is 17.8 Å². The maximum Gasteiger partial charge on any atom is -0.0414 e. The van der Waals surface area contributed by atoms with Crippen molar-refractivity contribution in [2.24, 2.45) is 17.8 Å². The lowest BCUT2D eigenvalue weighted by Crippen LogP contribution is -2.06. The van der Waals surface area contributed by atoms with Crippen LogP contribution in [0, 0.1) is 17.8 Å². The van der Waals surface area contributed by atoms with E-state index in [1.165, 1.54) is 109 Å². The molecule has 2 atom stereocenters. The maximum absolute atomic E-state index is 2.49. The third kappa shape index (κ3) is 11.0. The second kappa shape index (κ2) is 15.0. The second-order valence-electron chi connectivity index (χ2n) is 10.1. The molecule has 154 valence electrons. The molecule has 0 N–H and O–H groups in total. The van der Waals surface area contributed by atoms with E-state index < -0.39 is 0 Å². The molecule has 0 heterocycles. The van der Waals surface area contributed by atoms with Gasteiger partial charge in [-0.25, -0.2) is 0 Å². The van der Waals surface area contributed by atoms with Crippen LogP contribution < -0.4 is 0 Å². The largest absolute Gasteiger partial charge is 0.0625 e. The highest BCUT2D eigenvalue weighted by Gasteiger charge is 2.14. The molecule has 0 radical (unpaired) electrons. The quantitative estimate of drug-likeness (QED) is 0.467. The topological polar surface area (TPSA) is 0 Å². The van der Waals surface area contributed by atoms with E-state index in [-0.39, 0.29) is 0 Å². The van der Waals surface area contributed by atoms with Gasteiger partial charge in [0.05, 0.1) is 0 Å². The summed E-state index contributed by atoms with van der Waals surface area (Å²) < 4.78 is 0. The van der Waals surface area contributed by atoms with Gasteiger partial charge in [0.25, 0.3) is 0 Å². The molecule has 2 unspecified atom stereocenters. The third-order valence-corrected chi connectivity index (χ3v) is 7.57. The molecule has 2 aliphatic rings. The van der Waals surface area contributed by atoms with Crippen LogP contribution in [-0.2, 0) is 0 Å². The molecule has 0 amide bonds. The van der Waals surface area contributed by atoms with Gasteiger partial charge in [-0.05, 0) is 17.8 Å². The Morgan fingerprint density at radius 1 is 0.423 bits per heavy atom. The molecule has 0 spiro atoms. The average Bonchev–Trinajstić information content (AvgIpc) is 2.72. The van der Waals surface area contributed by atoms with Crippen LogP contribution in [-0.4, -0.2) is 0 Å². The van der Waals surface area contributed by atoms with Crippen LogP contribution in [0.3, 0.4) is 0 Å². The van der Waals surface area contributed by atoms with E-state index in [1.807, 2.05) is 0 Å². The van der Waals surface area contributed by atoms with Gasteiger partial charge in [0.1, 0.15) is 0 Å². The molecule has 2 aliphatic carbocycles. The summed E-state index contributed by atoms with van der Waals surface area (Å²) in [4.78, 5) is 0. The summed E-state index contributed by atoms with van der Waals surface area (Å²) in [5.41, 5.74) is 0. The van der Waals surface area contributed by atoms with Gasteiger partial charge >= 0.3 is 0 Å². The van der Waals surface area contributed by atoms with Crippen LogP contribution in [0.5, 0.6) is 0 Å². The SMILES string of the molecule is CC1CCCCCCC(CCCC2CCCCCCCCCC2)CCC1. The van der Waals surface area contributed by atoms with Crippen molar-refractivity contribution in [3.05, 3.63) is 0 Å². The molecule has 0 nitrogen and oxygen atoms in total. The Bertz CT molecular complexity index is 295. The van der Waals surface area contributed by atoms with Gasteiger partial charge in [-0.3, -0.25) is 0 Å². The van der Waals surface area contributed by atoms with Crippen molar-refractivity contribution < 1.29 is 0 Å². The summed E-state index contributed by atoms with van der Waals surface area (Å²) in [7, 11) is 0. The van der Waals surface area contributed by atoms with Crippen LogP contribution >= 0.6 is 0 Å². The first-order valence-electron chi connectivity index (χ1n) is 12.8. The molecule has 2 rings (SSSR count). The zero-order valence-corrected chi connectivity index (χ0v) is 18.3. The minimum absolute atomic E-state index is 0.987. The number of rotatable bonds is 4. The number of hydrogen-bond donors (Lipinski definition) is 0. The van der Waals surface area contributed by atoms with Crippen molar-refractivity contribution in [3.63, 3.8) is 0 Å². The van der Waals surface area contributed by atoms with E-state index in [2.05, 4.69) is 6.92 Å². The van der Waals surface area contributed by atoms with E-state index in [1.54, 1.807) is 32.1 Å². The van der Waals surface area contributed by atoms with Gasteiger partial charge in [-0.1, -0.05) is 148 Å². The predicted octanol–water partition coefficient (Wildman–Crippen LogP) is 9.46. The van der Waals surface area contributed by atoms with E-state index in [4.69, 9.17) is 0 Å². The van der Waals surface area contributed by atoms with Gasteiger partial charge < -0.3 is 0 Å². The Labute approximate surface area is 166 Å². The molecule has 2 fully saturated rings. The van der Waals surface area contributed by atoms with Crippen molar-refractivity contribution in [3.8, 4) is 0 Å². The Morgan fingerprint density at radius 3 is 1.27 bits per heavy atom. The highest BCUT2D eigenvalue weighted by atomic mass is 14.2. The van der Waals surface area contributed by atoms with Crippen LogP contribution in [0.4, 0.5) is 0 Å². The minimum Gasteiger partial charge on any atom is -0.0625 e. The van der Waals surface area contributed by atoms with Gasteiger partial charge in [-0.15, -0.1) is 0 Å². The monoisotopic (exact) mass is 362 g/mol. The summed E-state index contributed by atoms with van der Waals surface area (Å²) >= 11 is 0. The first kappa shape index (κ1) is 22.3. The Morgan fingerprint density at radius 2 is 0.769 bits per heavy atom. The fourth-order valence-corrected chi connectivity index (χ4v) is 5.67. The molecule has 0 aromatic heterocycles. The van der Waals surface area contributed by atoms with Crippen LogP contribution in [0.1, 0.15) is 148 Å². The Kier molecular flexibility index (Phi) is 12.8. The fourth-order valence-electron chi connectivity index (χ4n) is 5.67. The summed E-state index contributed by atoms with van der Waals surface area (Å²) in [6, 6.07) is 0. The maximum atomic E-state index is 2.49. The molecule has 0 bridgehead atoms. The lowest BCUT2D eigenvalue weighted by molar-refractivity contribution is 0.327. The van der Waals surface area contributed by atoms with E-state index in [0.29, 0.717) is 0 Å². The van der Waals surface area contributed by atoms with E-state index in [9.17, 15) is 0 Å². The Hall–Kier alpha value is 0. The summed E-state index contributed by atoms with van der Waals surface area (Å²) in [6.07, 6.45) is 33.4. The predicted molar refractivity (Wildman–Crippen MR) is 118 cm³/mol. The first-order chi connectivity index (χ1) is 12.8. The van der Waals surface area contributed by atoms with Crippen molar-refractivity contribution >= 4 is 0 Å². The van der Waals surface area contributed by atoms with Crippen molar-refractivity contribution in [1.29, 1.82) is 0 Å². The van der Waals surface area contributed by atoms with Crippen molar-refractivity contribution in [2.75, 3.05) is 0 Å². The fraction of sp³-hybridized carbons (Fsp3) is 1.00. The summed E-state index contributed by atoms with van der Waals surface area (Å²) in [5, 5.41) is 0. The first-order valence-corrected chi connectivity index (χ1v) is 12.8. The van der Waals surface area contributed by atoms with Gasteiger partial charge in [0, 0.05) is 0 Å². The molecular formula is C26H50. The Balaban J connectivity index is 1.66. The lowest BCUT2D eigenvalue weighted by atomic mass is 9.86. The third-order valence-electron chi connectivity index (χ3n) is 7.57. The van der Waals surface area contributed by atoms with Crippen molar-refractivity contribution in [1.82, 2.24) is 0 Å². The smallest absolute Gasteiger partial charge is 0.0414 e. The van der Waals surface area contributed by atoms with E-state index >= 15 is 0 Å². The highest BCUT2D eigenvalue weighted by molar-refractivity contribution is 4.68. The second-order valence-corrected chi connectivity index (χ2v) is 10.1. The van der Waals surface area contributed by atoms with Gasteiger partial charge in [0.2, 0.25) is 0 Å². The van der Waals surface area contributed by atoms with Crippen LogP contribution in [0.2, 0.25) is 0 Å². The summed E-state index contributed by atoms with van der Waals surface area (Å²) in [5.74, 6) is 3.11. The zero-order valence-electron chi connectivity index (χ0n) is 18.3. The molecule has 2 saturated carbocycles. The molecule has 0 aromatic carbocycles. The van der Waals surface area contributed by atoms with Crippen LogP contribution in [0.15, 0.2) is 0 Å². The van der Waals surface area contributed by atoms with Gasteiger partial charge in [-0.2, -0.15) is 0 Å². The lowest BCUT2D eigenvalue weighted by Gasteiger charge is -2.20. The molecule has 0 aromatic rings. The summed E-state index contributed by atoms with van der Waals surface area (Å²) in [6.45, 7) is 2.49. The van der Waals surface area contributed by atoms with Crippen molar-refractivity contribution in [2.45, 2.75) is 148 Å². The molecule has 0 saturated heterocycles. The molecule has 0 aliphatic heterocycles. The average molecular weight is 363 g/mol.